The van der Waals surface area contributed by atoms with Crippen LogP contribution in [0, 0.1) is 0 Å². The molecule has 1 aromatic carbocycles. The lowest BCUT2D eigenvalue weighted by molar-refractivity contribution is -0.113. The molecular formula is C15H20N2O. The molecule has 0 unspecified atom stereocenters. The number of nitrogens with zero attached hydrogens (tertiary/aromatic N) is 1. The van der Waals surface area contributed by atoms with Gasteiger partial charge in [0.1, 0.15) is 0 Å². The van der Waals surface area contributed by atoms with E-state index < -0.39 is 5.91 Å². The smallest absolute Gasteiger partial charge is 0.241 e. The van der Waals surface area contributed by atoms with Crippen molar-refractivity contribution in [3.05, 3.63) is 35.4 Å². The van der Waals surface area contributed by atoms with E-state index in [1.807, 2.05) is 6.07 Å². The molecule has 96 valence electrons. The minimum Gasteiger partial charge on any atom is -0.369 e. The van der Waals surface area contributed by atoms with E-state index in [1.54, 1.807) is 6.08 Å². The molecule has 0 atom stereocenters. The molecule has 1 aliphatic rings. The van der Waals surface area contributed by atoms with Gasteiger partial charge in [-0.25, -0.2) is 0 Å². The molecule has 0 bridgehead atoms. The standard InChI is InChI=1S/C15H20N2O/c1-11(2)17-9-3-4-13-10-12(5-7-14(13)17)6-8-15(16)18/h5-8,10-11H,3-4,9H2,1-2H3,(H2,16,18)/b8-6-. The molecule has 2 N–H and O–H groups in total. The summed E-state index contributed by atoms with van der Waals surface area (Å²) in [6.07, 6.45) is 5.48. The van der Waals surface area contributed by atoms with Crippen molar-refractivity contribution in [1.29, 1.82) is 0 Å². The van der Waals surface area contributed by atoms with E-state index in [0.29, 0.717) is 6.04 Å². The van der Waals surface area contributed by atoms with Gasteiger partial charge in [0.05, 0.1) is 0 Å². The van der Waals surface area contributed by atoms with Gasteiger partial charge in [-0.1, -0.05) is 6.07 Å². The number of rotatable bonds is 3. The van der Waals surface area contributed by atoms with Crippen molar-refractivity contribution in [2.24, 2.45) is 5.73 Å². The average molecular weight is 244 g/mol. The van der Waals surface area contributed by atoms with Crippen LogP contribution in [0.4, 0.5) is 5.69 Å². The Morgan fingerprint density at radius 2 is 2.22 bits per heavy atom. The number of amides is 1. The lowest BCUT2D eigenvalue weighted by Gasteiger charge is -2.34. The van der Waals surface area contributed by atoms with Gasteiger partial charge in [-0.3, -0.25) is 4.79 Å². The SMILES string of the molecule is CC(C)N1CCCc2cc(/C=C\C(N)=O)ccc21. The number of carbonyl (C=O) groups is 1. The number of aryl methyl sites for hydroxylation is 1. The Labute approximate surface area is 108 Å². The predicted molar refractivity (Wildman–Crippen MR) is 75.5 cm³/mol. The average Bonchev–Trinajstić information content (AvgIpc) is 2.35. The predicted octanol–water partition coefficient (Wildman–Crippen LogP) is 2.35. The second kappa shape index (κ2) is 5.25. The Morgan fingerprint density at radius 1 is 1.44 bits per heavy atom. The van der Waals surface area contributed by atoms with Crippen molar-refractivity contribution in [2.45, 2.75) is 32.7 Å². The first-order valence-electron chi connectivity index (χ1n) is 6.45. The highest BCUT2D eigenvalue weighted by Gasteiger charge is 2.18. The molecule has 0 radical (unpaired) electrons. The molecule has 0 aliphatic carbocycles. The highest BCUT2D eigenvalue weighted by Crippen LogP contribution is 2.29. The second-order valence-electron chi connectivity index (χ2n) is 5.01. The van der Waals surface area contributed by atoms with E-state index >= 15 is 0 Å². The van der Waals surface area contributed by atoms with Gasteiger partial charge in [-0.05, 0) is 56.0 Å². The monoisotopic (exact) mass is 244 g/mol. The molecule has 3 nitrogen and oxygen atoms in total. The second-order valence-corrected chi connectivity index (χ2v) is 5.01. The van der Waals surface area contributed by atoms with Gasteiger partial charge in [0.15, 0.2) is 0 Å². The summed E-state index contributed by atoms with van der Waals surface area (Å²) in [6, 6.07) is 6.87. The van der Waals surface area contributed by atoms with Crippen LogP contribution >= 0.6 is 0 Å². The summed E-state index contributed by atoms with van der Waals surface area (Å²) >= 11 is 0. The molecular weight excluding hydrogens is 224 g/mol. The van der Waals surface area contributed by atoms with Gasteiger partial charge < -0.3 is 10.6 Å². The molecule has 2 rings (SSSR count). The Bertz CT molecular complexity index is 477. The van der Waals surface area contributed by atoms with Crippen molar-refractivity contribution in [1.82, 2.24) is 0 Å². The van der Waals surface area contributed by atoms with Crippen LogP contribution in [-0.4, -0.2) is 18.5 Å². The summed E-state index contributed by atoms with van der Waals surface area (Å²) in [4.78, 5) is 13.2. The first kappa shape index (κ1) is 12.7. The van der Waals surface area contributed by atoms with Crippen LogP contribution in [0.2, 0.25) is 0 Å². The zero-order valence-electron chi connectivity index (χ0n) is 11.0. The van der Waals surface area contributed by atoms with Crippen molar-refractivity contribution < 1.29 is 4.79 Å². The number of hydrogen-bond acceptors (Lipinski definition) is 2. The van der Waals surface area contributed by atoms with Crippen molar-refractivity contribution in [3.8, 4) is 0 Å². The van der Waals surface area contributed by atoms with Gasteiger partial charge in [0, 0.05) is 24.4 Å². The summed E-state index contributed by atoms with van der Waals surface area (Å²) in [5, 5.41) is 0. The summed E-state index contributed by atoms with van der Waals surface area (Å²) in [6.45, 7) is 5.56. The van der Waals surface area contributed by atoms with Crippen molar-refractivity contribution in [3.63, 3.8) is 0 Å². The molecule has 0 fully saturated rings. The fourth-order valence-corrected chi connectivity index (χ4v) is 2.46. The first-order chi connectivity index (χ1) is 8.58. The van der Waals surface area contributed by atoms with Crippen LogP contribution in [0.15, 0.2) is 24.3 Å². The molecule has 18 heavy (non-hydrogen) atoms. The van der Waals surface area contributed by atoms with E-state index in [0.717, 1.165) is 18.5 Å². The number of hydrogen-bond donors (Lipinski definition) is 1. The van der Waals surface area contributed by atoms with Gasteiger partial charge in [0.2, 0.25) is 5.91 Å². The van der Waals surface area contributed by atoms with E-state index in [9.17, 15) is 4.79 Å². The van der Waals surface area contributed by atoms with E-state index in [4.69, 9.17) is 5.73 Å². The van der Waals surface area contributed by atoms with E-state index in [-0.39, 0.29) is 0 Å². The Morgan fingerprint density at radius 3 is 2.89 bits per heavy atom. The number of carbonyl (C=O) groups excluding carboxylic acids is 1. The maximum Gasteiger partial charge on any atom is 0.241 e. The molecule has 1 aliphatic heterocycles. The topological polar surface area (TPSA) is 46.3 Å². The van der Waals surface area contributed by atoms with Gasteiger partial charge >= 0.3 is 0 Å². The Hall–Kier alpha value is -1.77. The molecule has 0 spiro atoms. The zero-order chi connectivity index (χ0) is 13.1. The number of nitrogens with two attached hydrogens (primary N) is 1. The molecule has 3 heteroatoms. The summed E-state index contributed by atoms with van der Waals surface area (Å²) in [5.74, 6) is -0.406. The van der Waals surface area contributed by atoms with Crippen LogP contribution in [0.1, 0.15) is 31.4 Å². The maximum atomic E-state index is 10.7. The van der Waals surface area contributed by atoms with E-state index in [2.05, 4.69) is 30.9 Å². The molecule has 1 aromatic rings. The summed E-state index contributed by atoms with van der Waals surface area (Å²) in [7, 11) is 0. The number of primary amides is 1. The van der Waals surface area contributed by atoms with Crippen molar-refractivity contribution in [2.75, 3.05) is 11.4 Å². The minimum absolute atomic E-state index is 0.406. The Kier molecular flexibility index (Phi) is 3.70. The van der Waals surface area contributed by atoms with Gasteiger partial charge in [-0.15, -0.1) is 0 Å². The van der Waals surface area contributed by atoms with Gasteiger partial charge in [-0.2, -0.15) is 0 Å². The van der Waals surface area contributed by atoms with Crippen LogP contribution < -0.4 is 10.6 Å². The molecule has 0 aromatic heterocycles. The van der Waals surface area contributed by atoms with Gasteiger partial charge in [0.25, 0.3) is 0 Å². The number of anilines is 1. The summed E-state index contributed by atoms with van der Waals surface area (Å²) < 4.78 is 0. The lowest BCUT2D eigenvalue weighted by Crippen LogP contribution is -2.35. The van der Waals surface area contributed by atoms with Crippen LogP contribution in [0.5, 0.6) is 0 Å². The Balaban J connectivity index is 2.29. The normalized spacial score (nSPS) is 15.2. The quantitative estimate of drug-likeness (QED) is 0.830. The third-order valence-electron chi connectivity index (χ3n) is 3.32. The van der Waals surface area contributed by atoms with Crippen molar-refractivity contribution >= 4 is 17.7 Å². The zero-order valence-corrected chi connectivity index (χ0v) is 11.0. The third kappa shape index (κ3) is 2.73. The maximum absolute atomic E-state index is 10.7. The highest BCUT2D eigenvalue weighted by molar-refractivity contribution is 5.90. The number of benzene rings is 1. The van der Waals surface area contributed by atoms with Crippen LogP contribution in [0.3, 0.4) is 0 Å². The van der Waals surface area contributed by atoms with Crippen LogP contribution in [0.25, 0.3) is 6.08 Å². The fraction of sp³-hybridized carbons (Fsp3) is 0.400. The molecule has 1 heterocycles. The number of fused-ring (bicyclic) bond motifs is 1. The van der Waals surface area contributed by atoms with Crippen LogP contribution in [-0.2, 0) is 11.2 Å². The largest absolute Gasteiger partial charge is 0.369 e. The highest BCUT2D eigenvalue weighted by atomic mass is 16.1. The van der Waals surface area contributed by atoms with E-state index in [1.165, 1.54) is 23.7 Å². The lowest BCUT2D eigenvalue weighted by atomic mass is 9.98. The minimum atomic E-state index is -0.406. The first-order valence-corrected chi connectivity index (χ1v) is 6.45. The molecule has 0 saturated heterocycles. The fourth-order valence-electron chi connectivity index (χ4n) is 2.46. The summed E-state index contributed by atoms with van der Waals surface area (Å²) in [5.41, 5.74) is 8.83. The molecule has 1 amide bonds. The third-order valence-corrected chi connectivity index (χ3v) is 3.32. The molecule has 0 saturated carbocycles.